The molecule has 2 atom stereocenters. The Morgan fingerprint density at radius 2 is 1.90 bits per heavy atom. The van der Waals surface area contributed by atoms with Gasteiger partial charge in [0, 0.05) is 19.5 Å². The van der Waals surface area contributed by atoms with Crippen LogP contribution in [0.4, 0.5) is 24.8 Å². The molecule has 0 radical (unpaired) electrons. The lowest BCUT2D eigenvalue weighted by Gasteiger charge is -2.27. The van der Waals surface area contributed by atoms with Gasteiger partial charge in [0.15, 0.2) is 0 Å². The fraction of sp³-hybridized carbons (Fsp3) is 0.643. The number of hydrogen-bond donors (Lipinski definition) is 3. The van der Waals surface area contributed by atoms with Gasteiger partial charge in [-0.3, -0.25) is 0 Å². The molecule has 7 heteroatoms. The van der Waals surface area contributed by atoms with Gasteiger partial charge in [-0.1, -0.05) is 12.8 Å². The lowest BCUT2D eigenvalue weighted by Crippen LogP contribution is -2.30. The standard InChI is InChI=1S/C14H20F3N3O/c1-18-12-6-10(14(15,16)17)7-13(20-12)19-8-9-4-2-3-5-11(9)21/h6-7,9,11,21H,2-5,8H2,1H3,(H2,18,19,20). The largest absolute Gasteiger partial charge is 0.416 e. The zero-order chi connectivity index (χ0) is 15.5. The minimum atomic E-state index is -4.41. The molecule has 1 fully saturated rings. The zero-order valence-electron chi connectivity index (χ0n) is 11.9. The van der Waals surface area contributed by atoms with E-state index in [2.05, 4.69) is 15.6 Å². The second-order valence-electron chi connectivity index (χ2n) is 5.37. The molecular weight excluding hydrogens is 283 g/mol. The van der Waals surface area contributed by atoms with Crippen LogP contribution < -0.4 is 10.6 Å². The van der Waals surface area contributed by atoms with Crippen molar-refractivity contribution in [2.24, 2.45) is 5.92 Å². The fourth-order valence-corrected chi connectivity index (χ4v) is 2.57. The normalized spacial score (nSPS) is 22.9. The molecule has 118 valence electrons. The predicted octanol–water partition coefficient (Wildman–Crippen LogP) is 3.11. The van der Waals surface area contributed by atoms with Crippen molar-refractivity contribution in [3.8, 4) is 0 Å². The van der Waals surface area contributed by atoms with Crippen LogP contribution in [0.5, 0.6) is 0 Å². The van der Waals surface area contributed by atoms with Crippen LogP contribution in [0.3, 0.4) is 0 Å². The Labute approximate surface area is 121 Å². The van der Waals surface area contributed by atoms with Crippen LogP contribution in [-0.4, -0.2) is 29.8 Å². The van der Waals surface area contributed by atoms with Crippen molar-refractivity contribution >= 4 is 11.6 Å². The Bertz CT molecular complexity index is 479. The Morgan fingerprint density at radius 1 is 1.24 bits per heavy atom. The smallest absolute Gasteiger partial charge is 0.393 e. The summed E-state index contributed by atoms with van der Waals surface area (Å²) in [5.74, 6) is 0.400. The molecule has 0 spiro atoms. The quantitative estimate of drug-likeness (QED) is 0.800. The predicted molar refractivity (Wildman–Crippen MR) is 75.2 cm³/mol. The first-order valence-electron chi connectivity index (χ1n) is 7.09. The minimum Gasteiger partial charge on any atom is -0.393 e. The molecule has 4 nitrogen and oxygen atoms in total. The number of anilines is 2. The number of rotatable bonds is 4. The van der Waals surface area contributed by atoms with E-state index in [-0.39, 0.29) is 23.7 Å². The number of nitrogens with zero attached hydrogens (tertiary/aromatic N) is 1. The van der Waals surface area contributed by atoms with Crippen molar-refractivity contribution in [1.82, 2.24) is 4.98 Å². The second kappa shape index (κ2) is 6.51. The average Bonchev–Trinajstić information content (AvgIpc) is 2.45. The Kier molecular flexibility index (Phi) is 4.92. The van der Waals surface area contributed by atoms with Gasteiger partial charge < -0.3 is 15.7 Å². The highest BCUT2D eigenvalue weighted by atomic mass is 19.4. The first kappa shape index (κ1) is 15.9. The first-order chi connectivity index (χ1) is 9.90. The van der Waals surface area contributed by atoms with Crippen molar-refractivity contribution in [3.05, 3.63) is 17.7 Å². The second-order valence-corrected chi connectivity index (χ2v) is 5.37. The third-order valence-corrected chi connectivity index (χ3v) is 3.82. The Hall–Kier alpha value is -1.50. The van der Waals surface area contributed by atoms with Gasteiger partial charge in [0.05, 0.1) is 11.7 Å². The van der Waals surface area contributed by atoms with Crippen molar-refractivity contribution in [1.29, 1.82) is 0 Å². The maximum absolute atomic E-state index is 12.8. The first-order valence-corrected chi connectivity index (χ1v) is 7.09. The minimum absolute atomic E-state index is 0.0631. The molecule has 0 aromatic carbocycles. The van der Waals surface area contributed by atoms with Gasteiger partial charge in [0.2, 0.25) is 0 Å². The van der Waals surface area contributed by atoms with Gasteiger partial charge in [-0.25, -0.2) is 4.98 Å². The lowest BCUT2D eigenvalue weighted by molar-refractivity contribution is -0.137. The van der Waals surface area contributed by atoms with Crippen LogP contribution in [0.25, 0.3) is 0 Å². The Balaban J connectivity index is 2.08. The number of aromatic nitrogens is 1. The summed E-state index contributed by atoms with van der Waals surface area (Å²) in [6.07, 6.45) is -1.11. The van der Waals surface area contributed by atoms with E-state index in [0.717, 1.165) is 37.8 Å². The summed E-state index contributed by atoms with van der Waals surface area (Å²) < 4.78 is 38.5. The molecule has 2 rings (SSSR count). The summed E-state index contributed by atoms with van der Waals surface area (Å²) in [7, 11) is 1.52. The monoisotopic (exact) mass is 303 g/mol. The summed E-state index contributed by atoms with van der Waals surface area (Å²) in [6.45, 7) is 0.429. The van der Waals surface area contributed by atoms with Crippen LogP contribution in [0, 0.1) is 5.92 Å². The number of aliphatic hydroxyl groups is 1. The number of nitrogens with one attached hydrogen (secondary N) is 2. The molecule has 21 heavy (non-hydrogen) atoms. The molecule has 3 N–H and O–H groups in total. The van der Waals surface area contributed by atoms with E-state index >= 15 is 0 Å². The molecule has 0 bridgehead atoms. The van der Waals surface area contributed by atoms with Crippen molar-refractivity contribution in [3.63, 3.8) is 0 Å². The van der Waals surface area contributed by atoms with E-state index < -0.39 is 11.7 Å². The summed E-state index contributed by atoms with van der Waals surface area (Å²) >= 11 is 0. The third kappa shape index (κ3) is 4.23. The fourth-order valence-electron chi connectivity index (χ4n) is 2.57. The number of alkyl halides is 3. The average molecular weight is 303 g/mol. The summed E-state index contributed by atoms with van der Waals surface area (Å²) in [4.78, 5) is 4.07. The molecular formula is C14H20F3N3O. The van der Waals surface area contributed by atoms with Gasteiger partial charge in [-0.05, 0) is 25.0 Å². The Morgan fingerprint density at radius 3 is 2.52 bits per heavy atom. The van der Waals surface area contributed by atoms with Crippen LogP contribution in [0.15, 0.2) is 12.1 Å². The summed E-state index contributed by atoms with van der Waals surface area (Å²) in [5, 5.41) is 15.4. The molecule has 0 saturated heterocycles. The molecule has 2 unspecified atom stereocenters. The maximum atomic E-state index is 12.8. The van der Waals surface area contributed by atoms with Crippen LogP contribution in [0.2, 0.25) is 0 Å². The van der Waals surface area contributed by atoms with Crippen LogP contribution >= 0.6 is 0 Å². The molecule has 1 aromatic heterocycles. The number of pyridine rings is 1. The van der Waals surface area contributed by atoms with E-state index in [9.17, 15) is 18.3 Å². The van der Waals surface area contributed by atoms with Gasteiger partial charge in [-0.2, -0.15) is 13.2 Å². The highest BCUT2D eigenvalue weighted by Crippen LogP contribution is 2.32. The molecule has 1 aliphatic rings. The van der Waals surface area contributed by atoms with Gasteiger partial charge in [-0.15, -0.1) is 0 Å². The van der Waals surface area contributed by atoms with E-state index in [4.69, 9.17) is 0 Å². The lowest BCUT2D eigenvalue weighted by atomic mass is 9.86. The molecule has 1 aromatic rings. The summed E-state index contributed by atoms with van der Waals surface area (Å²) in [6, 6.07) is 1.97. The topological polar surface area (TPSA) is 57.2 Å². The van der Waals surface area contributed by atoms with E-state index in [0.29, 0.717) is 6.54 Å². The highest BCUT2D eigenvalue weighted by Gasteiger charge is 2.32. The third-order valence-electron chi connectivity index (χ3n) is 3.82. The number of halogens is 3. The molecule has 0 aliphatic heterocycles. The van der Waals surface area contributed by atoms with E-state index in [1.54, 1.807) is 0 Å². The molecule has 1 saturated carbocycles. The van der Waals surface area contributed by atoms with Crippen LogP contribution in [0.1, 0.15) is 31.2 Å². The van der Waals surface area contributed by atoms with Gasteiger partial charge in [0.25, 0.3) is 0 Å². The molecule has 1 aliphatic carbocycles. The number of aliphatic hydroxyl groups excluding tert-OH is 1. The summed E-state index contributed by atoms with van der Waals surface area (Å²) in [5.41, 5.74) is -0.742. The maximum Gasteiger partial charge on any atom is 0.416 e. The van der Waals surface area contributed by atoms with Crippen molar-refractivity contribution in [2.75, 3.05) is 24.2 Å². The van der Waals surface area contributed by atoms with E-state index in [1.807, 2.05) is 0 Å². The SMILES string of the molecule is CNc1cc(C(F)(F)F)cc(NCC2CCCCC2O)n1. The van der Waals surface area contributed by atoms with Gasteiger partial charge >= 0.3 is 6.18 Å². The zero-order valence-corrected chi connectivity index (χ0v) is 11.9. The van der Waals surface area contributed by atoms with Crippen molar-refractivity contribution in [2.45, 2.75) is 38.0 Å². The van der Waals surface area contributed by atoms with E-state index in [1.165, 1.54) is 7.05 Å². The van der Waals surface area contributed by atoms with Gasteiger partial charge in [0.1, 0.15) is 11.6 Å². The molecule has 1 heterocycles. The van der Waals surface area contributed by atoms with Crippen LogP contribution in [-0.2, 0) is 6.18 Å². The number of hydrogen-bond acceptors (Lipinski definition) is 4. The molecule has 0 amide bonds. The van der Waals surface area contributed by atoms with Crippen molar-refractivity contribution < 1.29 is 18.3 Å². The highest BCUT2D eigenvalue weighted by molar-refractivity contribution is 5.49.